The summed E-state index contributed by atoms with van der Waals surface area (Å²) in [5.74, 6) is 1.06. The Labute approximate surface area is 186 Å². The van der Waals surface area contributed by atoms with Crippen molar-refractivity contribution in [2.75, 3.05) is 31.6 Å². The first-order valence-electron chi connectivity index (χ1n) is 10.2. The molecule has 1 saturated heterocycles. The Hall–Kier alpha value is -1.35. The van der Waals surface area contributed by atoms with Crippen molar-refractivity contribution in [2.45, 2.75) is 58.2 Å². The molecule has 0 spiro atoms. The van der Waals surface area contributed by atoms with E-state index >= 15 is 0 Å². The third-order valence-corrected chi connectivity index (χ3v) is 5.35. The monoisotopic (exact) mass is 499 g/mol. The van der Waals surface area contributed by atoms with Gasteiger partial charge in [0, 0.05) is 57.4 Å². The first kappa shape index (κ1) is 22.9. The quantitative estimate of drug-likeness (QED) is 0.328. The highest BCUT2D eigenvalue weighted by molar-refractivity contribution is 14.0. The van der Waals surface area contributed by atoms with Gasteiger partial charge >= 0.3 is 0 Å². The Morgan fingerprint density at radius 1 is 1.25 bits per heavy atom. The molecule has 0 aromatic heterocycles. The molecule has 7 heteroatoms. The van der Waals surface area contributed by atoms with Crippen LogP contribution < -0.4 is 15.5 Å². The van der Waals surface area contributed by atoms with Gasteiger partial charge in [-0.25, -0.2) is 0 Å². The number of amides is 1. The number of carbonyl (C=O) groups is 1. The summed E-state index contributed by atoms with van der Waals surface area (Å²) in [6, 6.07) is 9.60. The van der Waals surface area contributed by atoms with Gasteiger partial charge in [-0.1, -0.05) is 12.1 Å². The molecular weight excluding hydrogens is 465 g/mol. The maximum Gasteiger partial charge on any atom is 0.227 e. The molecule has 1 aromatic rings. The van der Waals surface area contributed by atoms with Crippen molar-refractivity contribution in [3.8, 4) is 0 Å². The number of benzene rings is 1. The van der Waals surface area contributed by atoms with Crippen molar-refractivity contribution < 1.29 is 4.79 Å². The molecule has 2 N–H and O–H groups in total. The Kier molecular flexibility index (Phi) is 9.01. The summed E-state index contributed by atoms with van der Waals surface area (Å²) in [7, 11) is 1.80. The number of guanidine groups is 1. The Bertz CT molecular complexity index is 655. The zero-order valence-electron chi connectivity index (χ0n) is 17.3. The molecule has 1 aliphatic carbocycles. The van der Waals surface area contributed by atoms with Gasteiger partial charge in [0.25, 0.3) is 0 Å². The smallest absolute Gasteiger partial charge is 0.227 e. The van der Waals surface area contributed by atoms with Gasteiger partial charge < -0.3 is 15.5 Å². The van der Waals surface area contributed by atoms with Crippen LogP contribution in [-0.4, -0.2) is 55.5 Å². The van der Waals surface area contributed by atoms with Gasteiger partial charge in [-0.05, 0) is 50.8 Å². The highest BCUT2D eigenvalue weighted by Crippen LogP contribution is 2.28. The lowest BCUT2D eigenvalue weighted by atomic mass is 10.2. The number of hydrogen-bond donors (Lipinski definition) is 2. The van der Waals surface area contributed by atoms with Gasteiger partial charge in [0.2, 0.25) is 5.91 Å². The molecule has 156 valence electrons. The lowest BCUT2D eigenvalue weighted by Crippen LogP contribution is -2.43. The third-order valence-electron chi connectivity index (χ3n) is 5.35. The van der Waals surface area contributed by atoms with Crippen molar-refractivity contribution >= 4 is 41.5 Å². The molecule has 0 radical (unpaired) electrons. The maximum atomic E-state index is 11.8. The molecule has 0 atom stereocenters. The van der Waals surface area contributed by atoms with Crippen LogP contribution in [0.3, 0.4) is 0 Å². The molecule has 0 bridgehead atoms. The van der Waals surface area contributed by atoms with Crippen LogP contribution in [-0.2, 0) is 11.3 Å². The van der Waals surface area contributed by atoms with Crippen LogP contribution in [0.15, 0.2) is 29.3 Å². The zero-order valence-corrected chi connectivity index (χ0v) is 19.6. The van der Waals surface area contributed by atoms with Crippen LogP contribution in [0.5, 0.6) is 0 Å². The predicted octanol–water partition coefficient (Wildman–Crippen LogP) is 2.97. The van der Waals surface area contributed by atoms with Crippen molar-refractivity contribution in [2.24, 2.45) is 4.99 Å². The van der Waals surface area contributed by atoms with E-state index in [1.807, 2.05) is 17.0 Å². The van der Waals surface area contributed by atoms with Gasteiger partial charge in [0.05, 0.1) is 0 Å². The van der Waals surface area contributed by atoms with Crippen molar-refractivity contribution in [3.05, 3.63) is 29.8 Å². The second-order valence-corrected chi connectivity index (χ2v) is 7.73. The molecule has 6 nitrogen and oxygen atoms in total. The number of halogens is 1. The number of carbonyl (C=O) groups excluding carboxylic acids is 1. The van der Waals surface area contributed by atoms with Crippen molar-refractivity contribution in [3.63, 3.8) is 0 Å². The number of nitrogens with zero attached hydrogens (tertiary/aromatic N) is 3. The summed E-state index contributed by atoms with van der Waals surface area (Å²) in [6.45, 7) is 8.02. The van der Waals surface area contributed by atoms with E-state index in [2.05, 4.69) is 46.5 Å². The Morgan fingerprint density at radius 2 is 1.96 bits per heavy atom. The van der Waals surface area contributed by atoms with E-state index in [0.717, 1.165) is 43.7 Å². The van der Waals surface area contributed by atoms with E-state index in [4.69, 9.17) is 0 Å². The van der Waals surface area contributed by atoms with Crippen LogP contribution in [0.4, 0.5) is 5.69 Å². The zero-order chi connectivity index (χ0) is 19.2. The number of hydrogen-bond acceptors (Lipinski definition) is 3. The van der Waals surface area contributed by atoms with Crippen LogP contribution in [0.25, 0.3) is 0 Å². The molecule has 28 heavy (non-hydrogen) atoms. The third kappa shape index (κ3) is 6.34. The van der Waals surface area contributed by atoms with E-state index < -0.39 is 0 Å². The molecule has 0 unspecified atom stereocenters. The topological polar surface area (TPSA) is 60.0 Å². The van der Waals surface area contributed by atoms with Gasteiger partial charge in [0.15, 0.2) is 5.96 Å². The molecule has 1 saturated carbocycles. The normalized spacial score (nSPS) is 17.2. The minimum atomic E-state index is 0. The molecule has 3 rings (SSSR count). The fourth-order valence-electron chi connectivity index (χ4n) is 3.69. The van der Waals surface area contributed by atoms with E-state index in [1.165, 1.54) is 18.4 Å². The largest absolute Gasteiger partial charge is 0.355 e. The second kappa shape index (κ2) is 11.0. The Morgan fingerprint density at radius 3 is 2.50 bits per heavy atom. The molecule has 1 amide bonds. The maximum absolute atomic E-state index is 11.8. The van der Waals surface area contributed by atoms with Gasteiger partial charge in [-0.2, -0.15) is 0 Å². The summed E-state index contributed by atoms with van der Waals surface area (Å²) in [5.41, 5.74) is 2.17. The average molecular weight is 499 g/mol. The number of anilines is 1. The predicted molar refractivity (Wildman–Crippen MR) is 127 cm³/mol. The van der Waals surface area contributed by atoms with Crippen molar-refractivity contribution in [1.29, 1.82) is 0 Å². The van der Waals surface area contributed by atoms with Crippen LogP contribution in [0.2, 0.25) is 0 Å². The molecule has 2 aliphatic rings. The highest BCUT2D eigenvalue weighted by atomic mass is 127. The fourth-order valence-corrected chi connectivity index (χ4v) is 3.69. The molecule has 2 fully saturated rings. The number of rotatable bonds is 8. The lowest BCUT2D eigenvalue weighted by molar-refractivity contribution is -0.117. The van der Waals surface area contributed by atoms with Gasteiger partial charge in [-0.3, -0.25) is 14.7 Å². The molecule has 1 heterocycles. The molecule has 1 aromatic carbocycles. The number of nitrogens with one attached hydrogen (secondary N) is 2. The van der Waals surface area contributed by atoms with Gasteiger partial charge in [0.1, 0.15) is 0 Å². The van der Waals surface area contributed by atoms with Gasteiger partial charge in [-0.15, -0.1) is 24.0 Å². The van der Waals surface area contributed by atoms with Crippen LogP contribution in [0.1, 0.15) is 45.1 Å². The first-order valence-corrected chi connectivity index (χ1v) is 10.2. The molecule has 1 aliphatic heterocycles. The lowest BCUT2D eigenvalue weighted by Gasteiger charge is -2.26. The minimum absolute atomic E-state index is 0. The number of aliphatic imine (C=N–C) groups is 1. The standard InChI is InChI=1S/C21H33N5O.HI/c1-16(2)25(18-10-11-18)14-12-23-21(22-3)24-15-17-6-8-19(9-7-17)26-13-4-5-20(26)27;/h6-9,16,18H,4-5,10-15H2,1-3H3,(H2,22,23,24);1H. The van der Waals surface area contributed by atoms with E-state index in [9.17, 15) is 4.79 Å². The minimum Gasteiger partial charge on any atom is -0.355 e. The fraction of sp³-hybridized carbons (Fsp3) is 0.619. The Balaban J connectivity index is 0.00000280. The van der Waals surface area contributed by atoms with E-state index in [0.29, 0.717) is 19.0 Å². The summed E-state index contributed by atoms with van der Waals surface area (Å²) in [5, 5.41) is 6.79. The highest BCUT2D eigenvalue weighted by Gasteiger charge is 2.30. The first-order chi connectivity index (χ1) is 13.1. The van der Waals surface area contributed by atoms with E-state index in [-0.39, 0.29) is 29.9 Å². The van der Waals surface area contributed by atoms with Crippen molar-refractivity contribution in [1.82, 2.24) is 15.5 Å². The second-order valence-electron chi connectivity index (χ2n) is 7.73. The summed E-state index contributed by atoms with van der Waals surface area (Å²) >= 11 is 0. The summed E-state index contributed by atoms with van der Waals surface area (Å²) < 4.78 is 0. The average Bonchev–Trinajstić information content (AvgIpc) is 3.41. The molecular formula is C21H34IN5O. The SMILES string of the molecule is CN=C(NCCN(C(C)C)C1CC1)NCc1ccc(N2CCCC2=O)cc1.I. The summed E-state index contributed by atoms with van der Waals surface area (Å²) in [4.78, 5) is 20.6. The van der Waals surface area contributed by atoms with Crippen LogP contribution >= 0.6 is 24.0 Å². The van der Waals surface area contributed by atoms with E-state index in [1.54, 1.807) is 7.05 Å². The summed E-state index contributed by atoms with van der Waals surface area (Å²) in [6.07, 6.45) is 4.30. The van der Waals surface area contributed by atoms with Crippen LogP contribution in [0, 0.1) is 0 Å².